The molecule has 6 heterocycles. The highest BCUT2D eigenvalue weighted by molar-refractivity contribution is 7.26. The fraction of sp³-hybridized carbons (Fsp3) is 0. The minimum atomic E-state index is -0.125. The molecule has 0 atom stereocenters. The largest absolute Gasteiger partial charge is 0.464 e. The summed E-state index contributed by atoms with van der Waals surface area (Å²) in [6.45, 7) is -0.125. The Morgan fingerprint density at radius 3 is 1.63 bits per heavy atom. The van der Waals surface area contributed by atoms with E-state index in [1.165, 1.54) is 42.2 Å². The van der Waals surface area contributed by atoms with E-state index >= 15 is 0 Å². The molecule has 5 nitrogen and oxygen atoms in total. The molecule has 7 heteroatoms. The van der Waals surface area contributed by atoms with E-state index in [-0.39, 0.29) is 6.71 Å². The lowest BCUT2D eigenvalue weighted by Gasteiger charge is -2.45. The zero-order valence-corrected chi connectivity index (χ0v) is 35.5. The van der Waals surface area contributed by atoms with Crippen molar-refractivity contribution in [2.24, 2.45) is 0 Å². The van der Waals surface area contributed by atoms with Gasteiger partial charge in [0.25, 0.3) is 6.71 Å². The average Bonchev–Trinajstić information content (AvgIpc) is 4.19. The second kappa shape index (κ2) is 13.1. The Hall–Kier alpha value is -8.26. The molecule has 0 saturated carbocycles. The molecule has 0 saturated heterocycles. The monoisotopic (exact) mass is 848 g/mol. The summed E-state index contributed by atoms with van der Waals surface area (Å²) in [6, 6.07) is 67.9. The second-order valence-electron chi connectivity index (χ2n) is 17.1. The molecule has 302 valence electrons. The van der Waals surface area contributed by atoms with Crippen molar-refractivity contribution < 1.29 is 13.3 Å². The van der Waals surface area contributed by atoms with Crippen molar-refractivity contribution in [1.82, 2.24) is 0 Å². The number of thiophene rings is 1. The number of hydrogen-bond donors (Lipinski definition) is 0. The molecular formula is C58H33BN2O3S. The maximum Gasteiger partial charge on any atom is 0.252 e. The Morgan fingerprint density at radius 2 is 0.969 bits per heavy atom. The fourth-order valence-corrected chi connectivity index (χ4v) is 12.3. The first-order valence-electron chi connectivity index (χ1n) is 22.0. The Bertz CT molecular complexity index is 3850. The van der Waals surface area contributed by atoms with Crippen LogP contribution in [0.15, 0.2) is 214 Å². The summed E-state index contributed by atoms with van der Waals surface area (Å²) >= 11 is 1.86. The summed E-state index contributed by atoms with van der Waals surface area (Å²) in [4.78, 5) is 5.06. The smallest absolute Gasteiger partial charge is 0.252 e. The predicted molar refractivity (Wildman–Crippen MR) is 271 cm³/mol. The van der Waals surface area contributed by atoms with Crippen LogP contribution in [0.1, 0.15) is 0 Å². The summed E-state index contributed by atoms with van der Waals surface area (Å²) in [5.41, 5.74) is 18.0. The molecule has 9 aromatic carbocycles. The van der Waals surface area contributed by atoms with Crippen molar-refractivity contribution in [2.75, 3.05) is 9.80 Å². The van der Waals surface area contributed by atoms with Crippen LogP contribution in [0.5, 0.6) is 0 Å². The van der Waals surface area contributed by atoms with Gasteiger partial charge in [-0.3, -0.25) is 0 Å². The van der Waals surface area contributed by atoms with Crippen LogP contribution in [0.4, 0.5) is 34.1 Å². The molecule has 0 amide bonds. The summed E-state index contributed by atoms with van der Waals surface area (Å²) in [5, 5.41) is 6.80. The van der Waals surface area contributed by atoms with Crippen LogP contribution in [0.2, 0.25) is 0 Å². The van der Waals surface area contributed by atoms with Crippen molar-refractivity contribution in [3.8, 4) is 22.3 Å². The standard InChI is InChI=1S/C58H33BN2O3S/c1-3-12-34(13-4-1)50-42(26-22-36-30-32-62-57(36)50)60-44-18-11-19-45-54(44)59(40-24-28-47-52(55(40)60)38-16-7-9-20-46(38)64-47)41-25-29-49-53(39-17-8-10-21-48(39)65-49)56(41)61(45)43-27-23-37-31-33-63-58(37)51(43)35-14-5-2-6-15-35/h1-33H. The van der Waals surface area contributed by atoms with Gasteiger partial charge in [0.05, 0.1) is 40.7 Å². The molecule has 0 fully saturated rings. The van der Waals surface area contributed by atoms with Crippen molar-refractivity contribution in [1.29, 1.82) is 0 Å². The molecule has 0 bridgehead atoms. The number of anilines is 6. The molecule has 65 heavy (non-hydrogen) atoms. The topological polar surface area (TPSA) is 45.9 Å². The van der Waals surface area contributed by atoms with Crippen LogP contribution < -0.4 is 26.2 Å². The van der Waals surface area contributed by atoms with Crippen LogP contribution >= 0.6 is 11.3 Å². The highest BCUT2D eigenvalue weighted by Gasteiger charge is 2.46. The van der Waals surface area contributed by atoms with E-state index in [0.717, 1.165) is 94.6 Å². The first-order chi connectivity index (χ1) is 32.3. The predicted octanol–water partition coefficient (Wildman–Crippen LogP) is 14.9. The molecule has 0 radical (unpaired) electrons. The third kappa shape index (κ3) is 4.77. The summed E-state index contributed by atoms with van der Waals surface area (Å²) in [5.74, 6) is 0. The summed E-state index contributed by atoms with van der Waals surface area (Å²) in [7, 11) is 0. The van der Waals surface area contributed by atoms with E-state index in [2.05, 4.69) is 198 Å². The number of hydrogen-bond acceptors (Lipinski definition) is 6. The number of para-hydroxylation sites is 1. The number of nitrogens with zero attached hydrogens (tertiary/aromatic N) is 2. The summed E-state index contributed by atoms with van der Waals surface area (Å²) < 4.78 is 22.1. The average molecular weight is 849 g/mol. The fourth-order valence-electron chi connectivity index (χ4n) is 11.2. The van der Waals surface area contributed by atoms with Gasteiger partial charge in [0.15, 0.2) is 0 Å². The lowest BCUT2D eigenvalue weighted by Crippen LogP contribution is -2.61. The van der Waals surface area contributed by atoms with Gasteiger partial charge in [0.1, 0.15) is 22.3 Å². The minimum Gasteiger partial charge on any atom is -0.464 e. The van der Waals surface area contributed by atoms with E-state index in [0.29, 0.717) is 0 Å². The molecule has 0 spiro atoms. The van der Waals surface area contributed by atoms with Gasteiger partial charge in [-0.25, -0.2) is 0 Å². The Kier molecular flexibility index (Phi) is 7.12. The minimum absolute atomic E-state index is 0.125. The normalized spacial score (nSPS) is 13.1. The maximum atomic E-state index is 6.73. The molecule has 0 aliphatic carbocycles. The van der Waals surface area contributed by atoms with Crippen LogP contribution in [0.25, 0.3) is 86.3 Å². The molecule has 13 aromatic rings. The van der Waals surface area contributed by atoms with E-state index in [1.807, 2.05) is 17.6 Å². The van der Waals surface area contributed by atoms with Crippen LogP contribution in [0.3, 0.4) is 0 Å². The van der Waals surface area contributed by atoms with Gasteiger partial charge in [0, 0.05) is 58.8 Å². The van der Waals surface area contributed by atoms with E-state index < -0.39 is 0 Å². The number of fused-ring (bicyclic) bond motifs is 14. The number of rotatable bonds is 4. The van der Waals surface area contributed by atoms with Crippen molar-refractivity contribution in [3.05, 3.63) is 201 Å². The van der Waals surface area contributed by atoms with Gasteiger partial charge in [0.2, 0.25) is 0 Å². The number of furan rings is 3. The lowest BCUT2D eigenvalue weighted by atomic mass is 9.33. The molecule has 15 rings (SSSR count). The highest BCUT2D eigenvalue weighted by atomic mass is 32.1. The summed E-state index contributed by atoms with van der Waals surface area (Å²) in [6.07, 6.45) is 3.61. The van der Waals surface area contributed by atoms with Crippen molar-refractivity contribution in [3.63, 3.8) is 0 Å². The van der Waals surface area contributed by atoms with Gasteiger partial charge in [-0.1, -0.05) is 115 Å². The second-order valence-corrected chi connectivity index (χ2v) is 18.2. The number of benzene rings is 9. The van der Waals surface area contributed by atoms with Gasteiger partial charge in [-0.15, -0.1) is 11.3 Å². The van der Waals surface area contributed by atoms with Gasteiger partial charge < -0.3 is 23.1 Å². The zero-order valence-electron chi connectivity index (χ0n) is 34.7. The Balaban J connectivity index is 1.13. The SMILES string of the molecule is c1ccc(-c2c(N3c4cccc5c4B(c4ccc6oc7ccccc7c6c43)c3ccc4sc6ccccc6c4c3N5c3ccc4ccoc4c3-c3ccccc3)ccc3ccoc23)cc1. The van der Waals surface area contributed by atoms with Crippen LogP contribution in [-0.2, 0) is 0 Å². The third-order valence-electron chi connectivity index (χ3n) is 13.8. The third-order valence-corrected chi connectivity index (χ3v) is 14.9. The first kappa shape index (κ1) is 35.2. The molecule has 4 aromatic heterocycles. The molecular weight excluding hydrogens is 816 g/mol. The van der Waals surface area contributed by atoms with Crippen molar-refractivity contribution in [2.45, 2.75) is 0 Å². The van der Waals surface area contributed by atoms with Gasteiger partial charge in [-0.2, -0.15) is 0 Å². The van der Waals surface area contributed by atoms with Crippen LogP contribution in [0, 0.1) is 0 Å². The molecule has 0 unspecified atom stereocenters. The van der Waals surface area contributed by atoms with E-state index in [9.17, 15) is 0 Å². The Morgan fingerprint density at radius 1 is 0.400 bits per heavy atom. The lowest BCUT2D eigenvalue weighted by molar-refractivity contribution is 0.616. The maximum absolute atomic E-state index is 6.73. The quantitative estimate of drug-likeness (QED) is 0.165. The van der Waals surface area contributed by atoms with Gasteiger partial charge >= 0.3 is 0 Å². The van der Waals surface area contributed by atoms with Crippen molar-refractivity contribution >= 4 is 133 Å². The van der Waals surface area contributed by atoms with Crippen LogP contribution in [-0.4, -0.2) is 6.71 Å². The zero-order chi connectivity index (χ0) is 42.3. The first-order valence-corrected chi connectivity index (χ1v) is 22.8. The molecule has 2 aliphatic rings. The van der Waals surface area contributed by atoms with Gasteiger partial charge in [-0.05, 0) is 100 Å². The Labute approximate surface area is 376 Å². The van der Waals surface area contributed by atoms with E-state index in [4.69, 9.17) is 13.3 Å². The molecule has 2 aliphatic heterocycles. The molecule has 0 N–H and O–H groups in total. The highest BCUT2D eigenvalue weighted by Crippen LogP contribution is 2.54. The van der Waals surface area contributed by atoms with E-state index in [1.54, 1.807) is 6.26 Å².